The molecule has 2 aromatic carbocycles. The number of aryl methyl sites for hydroxylation is 2. The Bertz CT molecular complexity index is 2370. The molecule has 0 bridgehead atoms. The maximum Gasteiger partial charge on any atom is 0.264 e. The summed E-state index contributed by atoms with van der Waals surface area (Å²) in [6, 6.07) is 17.9. The number of aliphatic hydroxyl groups excluding tert-OH is 1. The SMILES string of the molecule is Cc1nn2cccnc2c1C(=O)N[C@H](C)c1cc2cccc(C#Cc3cnn(C)c3C3CN(C(=O)C(C)O)C3)c2c(=O)n1-c1ccccc1. The van der Waals surface area contributed by atoms with Crippen LogP contribution in [0.3, 0.4) is 0 Å². The van der Waals surface area contributed by atoms with Crippen LogP contribution in [0.4, 0.5) is 0 Å². The van der Waals surface area contributed by atoms with E-state index in [4.69, 9.17) is 0 Å². The summed E-state index contributed by atoms with van der Waals surface area (Å²) in [6.07, 6.45) is 4.00. The fourth-order valence-electron chi connectivity index (χ4n) is 6.51. The van der Waals surface area contributed by atoms with E-state index in [2.05, 4.69) is 32.3 Å². The van der Waals surface area contributed by atoms with Crippen LogP contribution in [0.25, 0.3) is 22.1 Å². The number of hydrogen-bond donors (Lipinski definition) is 2. The lowest BCUT2D eigenvalue weighted by atomic mass is 9.93. The summed E-state index contributed by atoms with van der Waals surface area (Å²) in [5, 5.41) is 22.7. The standard InChI is InChI=1S/C37H34N8O4/c1-22(40-35(47)31-23(2)41-44-17-9-16-38-34(31)44)30-18-26-11-8-10-25(32(26)37(49)45(30)29-12-6-5-7-13-29)14-15-27-19-39-42(4)33(27)28-20-43(21-28)36(48)24(3)46/h5-13,16-19,22,24,28,46H,20-21H2,1-4H3,(H,40,47)/t22-,24?/m1/s1. The predicted molar refractivity (Wildman–Crippen MR) is 183 cm³/mol. The molecule has 0 radical (unpaired) electrons. The molecule has 0 saturated carbocycles. The van der Waals surface area contributed by atoms with E-state index >= 15 is 0 Å². The van der Waals surface area contributed by atoms with Gasteiger partial charge >= 0.3 is 0 Å². The normalized spacial score (nSPS) is 14.3. The molecule has 1 aliphatic heterocycles. The van der Waals surface area contributed by atoms with Crippen molar-refractivity contribution in [2.24, 2.45) is 7.05 Å². The summed E-state index contributed by atoms with van der Waals surface area (Å²) in [5.41, 5.74) is 4.51. The average molecular weight is 655 g/mol. The third-order valence-corrected chi connectivity index (χ3v) is 8.93. The van der Waals surface area contributed by atoms with E-state index in [9.17, 15) is 19.5 Å². The molecular weight excluding hydrogens is 620 g/mol. The molecule has 1 aliphatic rings. The van der Waals surface area contributed by atoms with Crippen molar-refractivity contribution in [2.75, 3.05) is 13.1 Å². The Morgan fingerprint density at radius 2 is 1.78 bits per heavy atom. The van der Waals surface area contributed by atoms with Crippen LogP contribution in [0.5, 0.6) is 0 Å². The largest absolute Gasteiger partial charge is 0.384 e. The van der Waals surface area contributed by atoms with Crippen LogP contribution in [-0.4, -0.2) is 70.0 Å². The first-order valence-corrected chi connectivity index (χ1v) is 16.0. The molecule has 12 nitrogen and oxygen atoms in total. The number of likely N-dealkylation sites (tertiary alicyclic amines) is 1. The molecule has 0 aliphatic carbocycles. The van der Waals surface area contributed by atoms with Gasteiger partial charge in [-0.1, -0.05) is 42.2 Å². The van der Waals surface area contributed by atoms with Gasteiger partial charge in [0.15, 0.2) is 5.65 Å². The molecule has 2 N–H and O–H groups in total. The molecule has 2 amide bonds. The average Bonchev–Trinajstić information content (AvgIpc) is 3.61. The number of aromatic nitrogens is 6. The Morgan fingerprint density at radius 1 is 1.02 bits per heavy atom. The van der Waals surface area contributed by atoms with Crippen LogP contribution in [0.1, 0.15) is 64.4 Å². The number of hydrogen-bond acceptors (Lipinski definition) is 7. The molecule has 12 heteroatoms. The highest BCUT2D eigenvalue weighted by atomic mass is 16.3. The zero-order valence-electron chi connectivity index (χ0n) is 27.5. The van der Waals surface area contributed by atoms with Gasteiger partial charge in [0.05, 0.1) is 34.6 Å². The minimum Gasteiger partial charge on any atom is -0.384 e. The fraction of sp³-hybridized carbons (Fsp3) is 0.243. The van der Waals surface area contributed by atoms with E-state index < -0.39 is 12.1 Å². The van der Waals surface area contributed by atoms with Crippen molar-refractivity contribution in [1.29, 1.82) is 0 Å². The van der Waals surface area contributed by atoms with Crippen LogP contribution in [0.15, 0.2) is 84.0 Å². The quantitative estimate of drug-likeness (QED) is 0.263. The van der Waals surface area contributed by atoms with Crippen molar-refractivity contribution in [3.8, 4) is 17.5 Å². The molecule has 5 heterocycles. The number of carbonyl (C=O) groups is 2. The van der Waals surface area contributed by atoms with E-state index in [0.29, 0.717) is 63.3 Å². The van der Waals surface area contributed by atoms with Crippen LogP contribution >= 0.6 is 0 Å². The van der Waals surface area contributed by atoms with Crippen molar-refractivity contribution >= 4 is 28.2 Å². The minimum absolute atomic E-state index is 0.0295. The Hall–Kier alpha value is -6.06. The predicted octanol–water partition coefficient (Wildman–Crippen LogP) is 3.27. The number of amides is 2. The van der Waals surface area contributed by atoms with E-state index in [1.165, 1.54) is 6.92 Å². The second kappa shape index (κ2) is 12.5. The molecule has 2 atom stereocenters. The zero-order chi connectivity index (χ0) is 34.4. The highest BCUT2D eigenvalue weighted by molar-refractivity contribution is 6.01. The summed E-state index contributed by atoms with van der Waals surface area (Å²) in [4.78, 5) is 46.3. The van der Waals surface area contributed by atoms with Gasteiger partial charge in [-0.15, -0.1) is 0 Å². The number of fused-ring (bicyclic) bond motifs is 2. The van der Waals surface area contributed by atoms with Gasteiger partial charge in [0.2, 0.25) is 0 Å². The van der Waals surface area contributed by atoms with Gasteiger partial charge < -0.3 is 15.3 Å². The molecule has 6 aromatic rings. The molecule has 1 unspecified atom stereocenters. The van der Waals surface area contributed by atoms with Crippen molar-refractivity contribution in [1.82, 2.24) is 39.2 Å². The Balaban J connectivity index is 1.27. The summed E-state index contributed by atoms with van der Waals surface area (Å²) in [6.45, 7) is 6.02. The molecule has 246 valence electrons. The van der Waals surface area contributed by atoms with Crippen molar-refractivity contribution in [3.63, 3.8) is 0 Å². The molecular formula is C37H34N8O4. The minimum atomic E-state index is -1.04. The first-order valence-electron chi connectivity index (χ1n) is 16.0. The maximum atomic E-state index is 14.5. The maximum absolute atomic E-state index is 14.5. The first kappa shape index (κ1) is 31.5. The van der Waals surface area contributed by atoms with Gasteiger partial charge in [0.25, 0.3) is 17.4 Å². The monoisotopic (exact) mass is 654 g/mol. The number of benzene rings is 2. The summed E-state index contributed by atoms with van der Waals surface area (Å²) in [7, 11) is 1.84. The van der Waals surface area contributed by atoms with Crippen molar-refractivity contribution in [3.05, 3.63) is 123 Å². The lowest BCUT2D eigenvalue weighted by Gasteiger charge is -2.40. The fourth-order valence-corrected chi connectivity index (χ4v) is 6.51. The lowest BCUT2D eigenvalue weighted by molar-refractivity contribution is -0.143. The van der Waals surface area contributed by atoms with Gasteiger partial charge in [-0.3, -0.25) is 23.6 Å². The first-order chi connectivity index (χ1) is 23.6. The number of pyridine rings is 1. The topological polar surface area (TPSA) is 140 Å². The molecule has 4 aromatic heterocycles. The smallest absolute Gasteiger partial charge is 0.264 e. The molecule has 1 fully saturated rings. The van der Waals surface area contributed by atoms with Crippen molar-refractivity contribution < 1.29 is 14.7 Å². The van der Waals surface area contributed by atoms with Gasteiger partial charge in [-0.05, 0) is 56.5 Å². The lowest BCUT2D eigenvalue weighted by Crippen LogP contribution is -2.52. The molecule has 1 saturated heterocycles. The van der Waals surface area contributed by atoms with Crippen molar-refractivity contribution in [2.45, 2.75) is 38.8 Å². The van der Waals surface area contributed by atoms with Crippen LogP contribution in [0.2, 0.25) is 0 Å². The third-order valence-electron chi connectivity index (χ3n) is 8.93. The van der Waals surface area contributed by atoms with Crippen LogP contribution in [-0.2, 0) is 11.8 Å². The van der Waals surface area contributed by atoms with Gasteiger partial charge in [0.1, 0.15) is 11.7 Å². The number of rotatable bonds is 6. The van der Waals surface area contributed by atoms with Crippen LogP contribution < -0.4 is 10.9 Å². The number of para-hydroxylation sites is 1. The Morgan fingerprint density at radius 3 is 2.53 bits per heavy atom. The molecule has 0 spiro atoms. The zero-order valence-corrected chi connectivity index (χ0v) is 27.5. The highest BCUT2D eigenvalue weighted by Crippen LogP contribution is 2.30. The van der Waals surface area contributed by atoms with E-state index in [1.54, 1.807) is 50.2 Å². The summed E-state index contributed by atoms with van der Waals surface area (Å²) in [5.74, 6) is 5.86. The van der Waals surface area contributed by atoms with Gasteiger partial charge in [-0.2, -0.15) is 10.2 Å². The second-order valence-electron chi connectivity index (χ2n) is 12.3. The van der Waals surface area contributed by atoms with Gasteiger partial charge in [0, 0.05) is 55.4 Å². The third kappa shape index (κ3) is 5.64. The van der Waals surface area contributed by atoms with E-state index in [1.807, 2.05) is 68.6 Å². The number of carbonyl (C=O) groups excluding carboxylic acids is 2. The second-order valence-corrected chi connectivity index (χ2v) is 12.3. The number of nitrogens with one attached hydrogen (secondary N) is 1. The Labute approximate surface area is 281 Å². The van der Waals surface area contributed by atoms with Gasteiger partial charge in [-0.25, -0.2) is 9.50 Å². The van der Waals surface area contributed by atoms with E-state index in [-0.39, 0.29) is 23.3 Å². The molecule has 49 heavy (non-hydrogen) atoms. The highest BCUT2D eigenvalue weighted by Gasteiger charge is 2.36. The molecule has 7 rings (SSSR count). The summed E-state index contributed by atoms with van der Waals surface area (Å²) < 4.78 is 4.95. The summed E-state index contributed by atoms with van der Waals surface area (Å²) >= 11 is 0. The number of aliphatic hydroxyl groups is 1. The Kier molecular flexibility index (Phi) is 8.06. The van der Waals surface area contributed by atoms with Crippen LogP contribution in [0, 0.1) is 18.8 Å². The number of nitrogens with zero attached hydrogens (tertiary/aromatic N) is 7. The van der Waals surface area contributed by atoms with E-state index in [0.717, 1.165) is 5.69 Å².